The second kappa shape index (κ2) is 12.6. The molecule has 0 radical (unpaired) electrons. The van der Waals surface area contributed by atoms with Crippen molar-refractivity contribution >= 4 is 11.8 Å². The Labute approximate surface area is 199 Å². The van der Waals surface area contributed by atoms with Crippen LogP contribution in [0.2, 0.25) is 0 Å². The van der Waals surface area contributed by atoms with Gasteiger partial charge in [0.25, 0.3) is 0 Å². The molecule has 0 saturated heterocycles. The number of aryl methyl sites for hydroxylation is 3. The van der Waals surface area contributed by atoms with Gasteiger partial charge in [-0.25, -0.2) is 0 Å². The van der Waals surface area contributed by atoms with Crippen LogP contribution in [-0.2, 0) is 29.0 Å². The van der Waals surface area contributed by atoms with E-state index >= 15 is 0 Å². The van der Waals surface area contributed by atoms with Gasteiger partial charge in [-0.1, -0.05) is 81.6 Å². The molecular formula is C29H40N2O2. The van der Waals surface area contributed by atoms with Gasteiger partial charge in [0.15, 0.2) is 0 Å². The topological polar surface area (TPSA) is 49.4 Å². The molecular weight excluding hydrogens is 408 g/mol. The lowest BCUT2D eigenvalue weighted by Crippen LogP contribution is -2.51. The van der Waals surface area contributed by atoms with Gasteiger partial charge in [-0.3, -0.25) is 9.59 Å². The first-order valence-electron chi connectivity index (χ1n) is 12.7. The minimum atomic E-state index is -0.443. The Kier molecular flexibility index (Phi) is 9.53. The van der Waals surface area contributed by atoms with Crippen molar-refractivity contribution in [2.75, 3.05) is 0 Å². The Bertz CT molecular complexity index is 900. The molecule has 1 N–H and O–H groups in total. The summed E-state index contributed by atoms with van der Waals surface area (Å²) in [5.74, 6) is 0.0436. The second-order valence-electron chi connectivity index (χ2n) is 9.39. The number of amides is 2. The van der Waals surface area contributed by atoms with Crippen LogP contribution in [0.1, 0.15) is 81.0 Å². The maximum Gasteiger partial charge on any atom is 0.243 e. The fraction of sp³-hybridized carbons (Fsp3) is 0.517. The molecule has 0 bridgehead atoms. The Hall–Kier alpha value is -2.62. The highest BCUT2D eigenvalue weighted by Gasteiger charge is 2.30. The van der Waals surface area contributed by atoms with Crippen molar-refractivity contribution in [2.24, 2.45) is 0 Å². The first-order valence-corrected chi connectivity index (χ1v) is 12.7. The molecule has 1 fully saturated rings. The summed E-state index contributed by atoms with van der Waals surface area (Å²) in [7, 11) is 0. The number of nitrogens with zero attached hydrogens (tertiary/aromatic N) is 1. The fourth-order valence-electron chi connectivity index (χ4n) is 4.77. The number of carbonyl (C=O) groups excluding carboxylic acids is 2. The average molecular weight is 449 g/mol. The van der Waals surface area contributed by atoms with Gasteiger partial charge in [-0.05, 0) is 61.3 Å². The van der Waals surface area contributed by atoms with Crippen LogP contribution in [0.5, 0.6) is 0 Å². The van der Waals surface area contributed by atoms with Crippen LogP contribution >= 0.6 is 0 Å². The molecule has 1 saturated carbocycles. The number of hydrogen-bond acceptors (Lipinski definition) is 2. The molecule has 2 amide bonds. The molecule has 1 atom stereocenters. The van der Waals surface area contributed by atoms with Crippen LogP contribution in [0.15, 0.2) is 48.5 Å². The molecule has 2 aromatic rings. The Morgan fingerprint density at radius 3 is 2.27 bits per heavy atom. The standard InChI is InChI=1S/C29H40N2O2/c1-4-23-15-17-24(18-16-23)19-20-28(32)31(21-25-12-10-9-11-22(25)3)27(5-2)29(33)30-26-13-7-6-8-14-26/h9-12,15-18,26-27H,4-8,13-14,19-21H2,1-3H3,(H,30,33). The highest BCUT2D eigenvalue weighted by Crippen LogP contribution is 2.20. The average Bonchev–Trinajstić information content (AvgIpc) is 2.84. The van der Waals surface area contributed by atoms with Crippen molar-refractivity contribution in [2.45, 2.75) is 97.2 Å². The number of benzene rings is 2. The number of hydrogen-bond donors (Lipinski definition) is 1. The van der Waals surface area contributed by atoms with E-state index in [4.69, 9.17) is 0 Å². The maximum absolute atomic E-state index is 13.5. The molecule has 0 aliphatic heterocycles. The minimum absolute atomic E-state index is 0.00127. The third-order valence-electron chi connectivity index (χ3n) is 7.00. The number of carbonyl (C=O) groups is 2. The van der Waals surface area contributed by atoms with E-state index in [0.29, 0.717) is 25.8 Å². The summed E-state index contributed by atoms with van der Waals surface area (Å²) < 4.78 is 0. The zero-order chi connectivity index (χ0) is 23.6. The van der Waals surface area contributed by atoms with E-state index < -0.39 is 6.04 Å². The quantitative estimate of drug-likeness (QED) is 0.503. The lowest BCUT2D eigenvalue weighted by molar-refractivity contribution is -0.141. The van der Waals surface area contributed by atoms with Gasteiger partial charge in [-0.2, -0.15) is 0 Å². The number of nitrogens with one attached hydrogen (secondary N) is 1. The zero-order valence-corrected chi connectivity index (χ0v) is 20.6. The van der Waals surface area contributed by atoms with Gasteiger partial charge in [0, 0.05) is 19.0 Å². The molecule has 0 aromatic heterocycles. The van der Waals surface area contributed by atoms with E-state index in [9.17, 15) is 9.59 Å². The van der Waals surface area contributed by atoms with Crippen LogP contribution in [0, 0.1) is 6.92 Å². The maximum atomic E-state index is 13.5. The van der Waals surface area contributed by atoms with E-state index in [0.717, 1.165) is 36.0 Å². The van der Waals surface area contributed by atoms with Crippen molar-refractivity contribution in [1.29, 1.82) is 0 Å². The molecule has 4 nitrogen and oxygen atoms in total. The first kappa shape index (κ1) is 25.0. The largest absolute Gasteiger partial charge is 0.352 e. The SMILES string of the molecule is CCc1ccc(CCC(=O)N(Cc2ccccc2C)C(CC)C(=O)NC2CCCCC2)cc1. The fourth-order valence-corrected chi connectivity index (χ4v) is 4.77. The Morgan fingerprint density at radius 1 is 0.970 bits per heavy atom. The van der Waals surface area contributed by atoms with Crippen LogP contribution in [0.3, 0.4) is 0 Å². The van der Waals surface area contributed by atoms with Crippen molar-refractivity contribution < 1.29 is 9.59 Å². The van der Waals surface area contributed by atoms with Gasteiger partial charge in [0.2, 0.25) is 11.8 Å². The summed E-state index contributed by atoms with van der Waals surface area (Å²) in [6, 6.07) is 16.4. The van der Waals surface area contributed by atoms with Crippen molar-refractivity contribution in [3.63, 3.8) is 0 Å². The highest BCUT2D eigenvalue weighted by molar-refractivity contribution is 5.88. The molecule has 1 aliphatic rings. The summed E-state index contributed by atoms with van der Waals surface area (Å²) >= 11 is 0. The summed E-state index contributed by atoms with van der Waals surface area (Å²) in [6.45, 7) is 6.69. The van der Waals surface area contributed by atoms with E-state index in [-0.39, 0.29) is 17.9 Å². The Morgan fingerprint density at radius 2 is 1.64 bits per heavy atom. The highest BCUT2D eigenvalue weighted by atomic mass is 16.2. The zero-order valence-electron chi connectivity index (χ0n) is 20.6. The third-order valence-corrected chi connectivity index (χ3v) is 7.00. The molecule has 0 heterocycles. The summed E-state index contributed by atoms with van der Waals surface area (Å²) in [6.07, 6.45) is 8.40. The van der Waals surface area contributed by atoms with Gasteiger partial charge in [0.1, 0.15) is 6.04 Å². The van der Waals surface area contributed by atoms with Gasteiger partial charge < -0.3 is 10.2 Å². The lowest BCUT2D eigenvalue weighted by atomic mass is 9.95. The van der Waals surface area contributed by atoms with Crippen molar-refractivity contribution in [1.82, 2.24) is 10.2 Å². The monoisotopic (exact) mass is 448 g/mol. The minimum Gasteiger partial charge on any atom is -0.352 e. The molecule has 1 aliphatic carbocycles. The number of rotatable bonds is 10. The molecule has 1 unspecified atom stereocenters. The van der Waals surface area contributed by atoms with Crippen LogP contribution in [-0.4, -0.2) is 28.8 Å². The summed E-state index contributed by atoms with van der Waals surface area (Å²) in [5, 5.41) is 3.26. The second-order valence-corrected chi connectivity index (χ2v) is 9.39. The summed E-state index contributed by atoms with van der Waals surface area (Å²) in [5.41, 5.74) is 4.71. The van der Waals surface area contributed by atoms with E-state index in [1.54, 1.807) is 0 Å². The molecule has 0 spiro atoms. The van der Waals surface area contributed by atoms with Crippen LogP contribution in [0.25, 0.3) is 0 Å². The molecule has 2 aromatic carbocycles. The molecule has 178 valence electrons. The van der Waals surface area contributed by atoms with Crippen molar-refractivity contribution in [3.05, 3.63) is 70.8 Å². The first-order chi connectivity index (χ1) is 16.0. The molecule has 33 heavy (non-hydrogen) atoms. The van der Waals surface area contributed by atoms with Crippen molar-refractivity contribution in [3.8, 4) is 0 Å². The Balaban J connectivity index is 1.74. The molecule has 3 rings (SSSR count). The summed E-state index contributed by atoms with van der Waals surface area (Å²) in [4.78, 5) is 28.6. The lowest BCUT2D eigenvalue weighted by Gasteiger charge is -2.33. The van der Waals surface area contributed by atoms with Gasteiger partial charge >= 0.3 is 0 Å². The van der Waals surface area contributed by atoms with Gasteiger partial charge in [-0.15, -0.1) is 0 Å². The predicted molar refractivity (Wildman–Crippen MR) is 135 cm³/mol. The third kappa shape index (κ3) is 7.18. The van der Waals surface area contributed by atoms with E-state index in [2.05, 4.69) is 55.6 Å². The van der Waals surface area contributed by atoms with Gasteiger partial charge in [0.05, 0.1) is 0 Å². The molecule has 4 heteroatoms. The smallest absolute Gasteiger partial charge is 0.243 e. The van der Waals surface area contributed by atoms with Crippen LogP contribution < -0.4 is 5.32 Å². The normalized spacial score (nSPS) is 15.1. The van der Waals surface area contributed by atoms with Crippen LogP contribution in [0.4, 0.5) is 0 Å². The van der Waals surface area contributed by atoms with E-state index in [1.165, 1.54) is 24.8 Å². The predicted octanol–water partition coefficient (Wildman–Crippen LogP) is 5.75. The van der Waals surface area contributed by atoms with E-state index in [1.807, 2.05) is 24.0 Å².